The average Bonchev–Trinajstić information content (AvgIpc) is 2.66. The van der Waals surface area contributed by atoms with Crippen molar-refractivity contribution in [2.24, 2.45) is 0 Å². The molecular weight excluding hydrogens is 258 g/mol. The highest BCUT2D eigenvalue weighted by molar-refractivity contribution is 5.85. The van der Waals surface area contributed by atoms with Crippen molar-refractivity contribution in [1.29, 1.82) is 0 Å². The van der Waals surface area contributed by atoms with Crippen molar-refractivity contribution < 1.29 is 19.5 Å². The number of aromatic amines is 1. The number of aliphatic carboxylic acids is 1. The van der Waals surface area contributed by atoms with Crippen LogP contribution in [0.4, 0.5) is 0 Å². The summed E-state index contributed by atoms with van der Waals surface area (Å²) in [7, 11) is 6.16. The Balaban J connectivity index is 0. The van der Waals surface area contributed by atoms with Gasteiger partial charge in [0, 0.05) is 0 Å². The number of carboxylic acids is 1. The summed E-state index contributed by atoms with van der Waals surface area (Å²) in [5, 5.41) is 18.2. The van der Waals surface area contributed by atoms with Crippen LogP contribution in [0.2, 0.25) is 0 Å². The number of carbonyl (C=O) groups is 1. The Morgan fingerprint density at radius 2 is 2.17 bits per heavy atom. The van der Waals surface area contributed by atoms with Crippen LogP contribution < -0.4 is 5.11 Å². The average molecular weight is 278 g/mol. The third-order valence-electron chi connectivity index (χ3n) is 1.69. The van der Waals surface area contributed by atoms with Crippen LogP contribution in [0.3, 0.4) is 0 Å². The van der Waals surface area contributed by atoms with Crippen LogP contribution in [-0.4, -0.2) is 59.8 Å². The maximum Gasteiger partial charge on any atom is 0.101 e. The fourth-order valence-corrected chi connectivity index (χ4v) is 0.816. The lowest BCUT2D eigenvalue weighted by atomic mass is 10.4. The van der Waals surface area contributed by atoms with Gasteiger partial charge in [0.2, 0.25) is 0 Å². The lowest BCUT2D eigenvalue weighted by Gasteiger charge is -2.21. The fourth-order valence-electron chi connectivity index (χ4n) is 0.816. The number of nitrogens with one attached hydrogen (secondary N) is 1. The van der Waals surface area contributed by atoms with Crippen molar-refractivity contribution in [2.45, 2.75) is 0 Å². The van der Waals surface area contributed by atoms with E-state index in [4.69, 9.17) is 5.11 Å². The fraction of sp³-hybridized carbons (Fsp3) is 0.455. The quantitative estimate of drug-likeness (QED) is 0.561. The molecule has 1 aromatic heterocycles. The number of aliphatic hydroxyl groups excluding tert-OH is 1. The molecule has 2 N–H and O–H groups in total. The first kappa shape index (κ1) is 19.0. The van der Waals surface area contributed by atoms with Gasteiger partial charge in [-0.25, -0.2) is 4.98 Å². The molecule has 1 rings (SSSR count). The number of carboxylic acid groups (broad SMARTS) is 1. The number of imidazole rings is 1. The molecule has 0 radical (unpaired) electrons. The largest absolute Gasteiger partial charge is 0.545 e. The SMILES string of the molecule is C[N+](C)(C)CCO.Cl.O=C([O-])/C=C/c1cnc[nH]1. The van der Waals surface area contributed by atoms with E-state index in [2.05, 4.69) is 31.1 Å². The van der Waals surface area contributed by atoms with Gasteiger partial charge in [-0.3, -0.25) is 0 Å². The van der Waals surface area contributed by atoms with E-state index in [1.165, 1.54) is 18.6 Å². The molecule has 0 saturated carbocycles. The zero-order valence-electron chi connectivity index (χ0n) is 10.8. The number of carbonyl (C=O) groups excluding carboxylic acids is 1. The smallest absolute Gasteiger partial charge is 0.101 e. The van der Waals surface area contributed by atoms with Crippen LogP contribution in [0.15, 0.2) is 18.6 Å². The van der Waals surface area contributed by atoms with Crippen molar-refractivity contribution in [1.82, 2.24) is 9.97 Å². The van der Waals surface area contributed by atoms with E-state index in [1.807, 2.05) is 0 Å². The van der Waals surface area contributed by atoms with Gasteiger partial charge >= 0.3 is 0 Å². The Morgan fingerprint density at radius 3 is 2.44 bits per heavy atom. The van der Waals surface area contributed by atoms with Gasteiger partial charge in [-0.05, 0) is 12.2 Å². The molecule has 0 saturated heterocycles. The summed E-state index contributed by atoms with van der Waals surface area (Å²) in [5.74, 6) is -1.21. The molecule has 0 atom stereocenters. The molecule has 0 amide bonds. The summed E-state index contributed by atoms with van der Waals surface area (Å²) in [4.78, 5) is 16.2. The molecular formula is C11H20ClN3O3. The van der Waals surface area contributed by atoms with E-state index < -0.39 is 5.97 Å². The Labute approximate surface area is 113 Å². The molecule has 0 aromatic carbocycles. The maximum absolute atomic E-state index is 9.86. The third kappa shape index (κ3) is 12.7. The summed E-state index contributed by atoms with van der Waals surface area (Å²) < 4.78 is 0.844. The first-order chi connectivity index (χ1) is 7.85. The molecule has 6 nitrogen and oxygen atoms in total. The highest BCUT2D eigenvalue weighted by Crippen LogP contribution is 1.92. The highest BCUT2D eigenvalue weighted by atomic mass is 35.5. The second kappa shape index (κ2) is 9.64. The van der Waals surface area contributed by atoms with Gasteiger partial charge in [-0.15, -0.1) is 12.4 Å². The Kier molecular flexibility index (Phi) is 10.2. The van der Waals surface area contributed by atoms with Crippen molar-refractivity contribution in [2.75, 3.05) is 34.3 Å². The van der Waals surface area contributed by atoms with Gasteiger partial charge in [-0.1, -0.05) is 0 Å². The van der Waals surface area contributed by atoms with Gasteiger partial charge in [0.1, 0.15) is 6.54 Å². The summed E-state index contributed by atoms with van der Waals surface area (Å²) in [6.45, 7) is 1.11. The number of aliphatic hydroxyl groups is 1. The van der Waals surface area contributed by atoms with Crippen LogP contribution in [0.1, 0.15) is 5.69 Å². The standard InChI is InChI=1S/C6H6N2O2.C5H14NO.ClH/c9-6(10)2-1-5-3-7-4-8-5;1-6(2,3)4-5-7;/h1-4H,(H,7,8)(H,9,10);7H,4-5H2,1-3H3;1H/q;+1;/p-1/b2-1+;;. The minimum absolute atomic E-state index is 0. The molecule has 1 heterocycles. The van der Waals surface area contributed by atoms with Gasteiger partial charge in [0.15, 0.2) is 0 Å². The molecule has 0 spiro atoms. The van der Waals surface area contributed by atoms with E-state index in [1.54, 1.807) is 0 Å². The van der Waals surface area contributed by atoms with Crippen molar-refractivity contribution in [3.05, 3.63) is 24.3 Å². The molecule has 7 heteroatoms. The molecule has 104 valence electrons. The van der Waals surface area contributed by atoms with Gasteiger partial charge < -0.3 is 24.5 Å². The number of halogens is 1. The predicted molar refractivity (Wildman–Crippen MR) is 69.9 cm³/mol. The van der Waals surface area contributed by atoms with Crippen molar-refractivity contribution in [3.8, 4) is 0 Å². The van der Waals surface area contributed by atoms with Crippen LogP contribution >= 0.6 is 12.4 Å². The van der Waals surface area contributed by atoms with Gasteiger partial charge in [-0.2, -0.15) is 0 Å². The minimum Gasteiger partial charge on any atom is -0.545 e. The topological polar surface area (TPSA) is 89.0 Å². The normalized spacial score (nSPS) is 10.4. The third-order valence-corrected chi connectivity index (χ3v) is 1.69. The number of hydrogen-bond donors (Lipinski definition) is 2. The lowest BCUT2D eigenvalue weighted by molar-refractivity contribution is -0.870. The van der Waals surface area contributed by atoms with E-state index in [0.29, 0.717) is 5.69 Å². The zero-order chi connectivity index (χ0) is 13.3. The van der Waals surface area contributed by atoms with Gasteiger partial charge in [0.05, 0.1) is 51.9 Å². The number of rotatable bonds is 4. The second-order valence-electron chi connectivity index (χ2n) is 4.40. The lowest BCUT2D eigenvalue weighted by Crippen LogP contribution is -2.36. The molecule has 0 fully saturated rings. The second-order valence-corrected chi connectivity index (χ2v) is 4.40. The van der Waals surface area contributed by atoms with E-state index in [9.17, 15) is 9.90 Å². The summed E-state index contributed by atoms with van der Waals surface area (Å²) in [5.41, 5.74) is 0.643. The molecule has 18 heavy (non-hydrogen) atoms. The monoisotopic (exact) mass is 277 g/mol. The van der Waals surface area contributed by atoms with Crippen LogP contribution in [-0.2, 0) is 4.79 Å². The number of hydrogen-bond acceptors (Lipinski definition) is 4. The predicted octanol–water partition coefficient (Wildman–Crippen LogP) is -0.720. The Hall–Kier alpha value is -1.37. The maximum atomic E-state index is 9.86. The first-order valence-electron chi connectivity index (χ1n) is 5.14. The Morgan fingerprint density at radius 1 is 1.56 bits per heavy atom. The van der Waals surface area contributed by atoms with E-state index in [-0.39, 0.29) is 19.0 Å². The minimum atomic E-state index is -1.21. The van der Waals surface area contributed by atoms with Crippen molar-refractivity contribution >= 4 is 24.5 Å². The zero-order valence-corrected chi connectivity index (χ0v) is 11.6. The molecule has 0 bridgehead atoms. The molecule has 0 aliphatic heterocycles. The van der Waals surface area contributed by atoms with Crippen LogP contribution in [0.25, 0.3) is 6.08 Å². The van der Waals surface area contributed by atoms with Crippen LogP contribution in [0, 0.1) is 0 Å². The summed E-state index contributed by atoms with van der Waals surface area (Å²) >= 11 is 0. The number of likely N-dealkylation sites (N-methyl/N-ethyl adjacent to an activating group) is 1. The van der Waals surface area contributed by atoms with E-state index in [0.717, 1.165) is 17.1 Å². The molecule has 0 unspecified atom stereocenters. The van der Waals surface area contributed by atoms with Crippen LogP contribution in [0.5, 0.6) is 0 Å². The summed E-state index contributed by atoms with van der Waals surface area (Å²) in [6, 6.07) is 0. The highest BCUT2D eigenvalue weighted by Gasteiger charge is 2.02. The van der Waals surface area contributed by atoms with Crippen molar-refractivity contribution in [3.63, 3.8) is 0 Å². The number of aromatic nitrogens is 2. The number of quaternary nitrogens is 1. The first-order valence-corrected chi connectivity index (χ1v) is 5.14. The summed E-state index contributed by atoms with van der Waals surface area (Å²) in [6.07, 6.45) is 5.30. The molecule has 0 aliphatic carbocycles. The number of nitrogens with zero attached hydrogens (tertiary/aromatic N) is 2. The van der Waals surface area contributed by atoms with Gasteiger partial charge in [0.25, 0.3) is 0 Å². The van der Waals surface area contributed by atoms with E-state index >= 15 is 0 Å². The Bertz CT molecular complexity index is 345. The molecule has 0 aliphatic rings. The number of H-pyrrole nitrogens is 1. The molecule has 1 aromatic rings.